The van der Waals surface area contributed by atoms with Crippen molar-refractivity contribution >= 4 is 11.6 Å². The van der Waals surface area contributed by atoms with E-state index in [1.807, 2.05) is 0 Å². The van der Waals surface area contributed by atoms with Crippen molar-refractivity contribution in [2.24, 2.45) is 10.8 Å². The van der Waals surface area contributed by atoms with E-state index in [9.17, 15) is 4.79 Å². The molecule has 0 aromatic heterocycles. The van der Waals surface area contributed by atoms with Gasteiger partial charge in [0, 0.05) is 17.3 Å². The summed E-state index contributed by atoms with van der Waals surface area (Å²) in [5.41, 5.74) is 7.23. The minimum Gasteiger partial charge on any atom is -0.399 e. The molecule has 3 nitrogen and oxygen atoms in total. The number of carbonyl (C=O) groups is 1. The van der Waals surface area contributed by atoms with Crippen LogP contribution in [0.5, 0.6) is 0 Å². The molecule has 0 radical (unpaired) electrons. The van der Waals surface area contributed by atoms with E-state index in [0.29, 0.717) is 11.3 Å². The zero-order chi connectivity index (χ0) is 12.8. The third-order valence-electron chi connectivity index (χ3n) is 4.44. The van der Waals surface area contributed by atoms with Crippen LogP contribution in [0, 0.1) is 10.8 Å². The van der Waals surface area contributed by atoms with Crippen LogP contribution < -0.4 is 11.1 Å². The van der Waals surface area contributed by atoms with Crippen LogP contribution in [0.25, 0.3) is 0 Å². The van der Waals surface area contributed by atoms with E-state index in [-0.39, 0.29) is 22.8 Å². The third-order valence-corrected chi connectivity index (χ3v) is 4.44. The van der Waals surface area contributed by atoms with Gasteiger partial charge in [0.05, 0.1) is 0 Å². The van der Waals surface area contributed by atoms with Crippen molar-refractivity contribution < 1.29 is 4.79 Å². The Morgan fingerprint density at radius 2 is 1.82 bits per heavy atom. The Labute approximate surface area is 102 Å². The van der Waals surface area contributed by atoms with E-state index < -0.39 is 0 Å². The van der Waals surface area contributed by atoms with E-state index in [1.165, 1.54) is 0 Å². The lowest BCUT2D eigenvalue weighted by Crippen LogP contribution is -2.29. The Balaban J connectivity index is 2.10. The van der Waals surface area contributed by atoms with E-state index in [1.54, 1.807) is 24.3 Å². The summed E-state index contributed by atoms with van der Waals surface area (Å²) in [6, 6.07) is 7.30. The highest BCUT2D eigenvalue weighted by molar-refractivity contribution is 5.95. The molecule has 0 unspecified atom stereocenters. The molecule has 0 atom stereocenters. The molecule has 3 heteroatoms. The molecule has 0 spiro atoms. The fraction of sp³-hybridized carbons (Fsp3) is 0.500. The summed E-state index contributed by atoms with van der Waals surface area (Å²) in [5, 5.41) is 3.08. The third kappa shape index (κ3) is 1.79. The maximum atomic E-state index is 12.1. The van der Waals surface area contributed by atoms with Crippen molar-refractivity contribution in [3.8, 4) is 0 Å². The van der Waals surface area contributed by atoms with Gasteiger partial charge in [-0.2, -0.15) is 0 Å². The van der Waals surface area contributed by atoms with Crippen molar-refractivity contribution in [2.45, 2.75) is 33.7 Å². The summed E-state index contributed by atoms with van der Waals surface area (Å²) in [5.74, 6) is -0.0408. The second kappa shape index (κ2) is 3.49. The summed E-state index contributed by atoms with van der Waals surface area (Å²) in [7, 11) is 0. The van der Waals surface area contributed by atoms with Crippen molar-refractivity contribution in [2.75, 3.05) is 5.73 Å². The Hall–Kier alpha value is -1.51. The molecule has 0 heterocycles. The van der Waals surface area contributed by atoms with Crippen molar-refractivity contribution in [3.05, 3.63) is 29.8 Å². The van der Waals surface area contributed by atoms with Gasteiger partial charge in [-0.3, -0.25) is 4.79 Å². The molecule has 0 saturated heterocycles. The average molecular weight is 232 g/mol. The lowest BCUT2D eigenvalue weighted by atomic mass is 10.0. The van der Waals surface area contributed by atoms with Crippen LogP contribution in [0.2, 0.25) is 0 Å². The molecular formula is C14H20N2O. The predicted molar refractivity (Wildman–Crippen MR) is 69.7 cm³/mol. The molecule has 1 amide bonds. The summed E-state index contributed by atoms with van der Waals surface area (Å²) in [6.07, 6.45) is 0. The number of carbonyl (C=O) groups excluding carboxylic acids is 1. The van der Waals surface area contributed by atoms with Crippen molar-refractivity contribution in [1.82, 2.24) is 5.32 Å². The predicted octanol–water partition coefficient (Wildman–Crippen LogP) is 2.43. The van der Waals surface area contributed by atoms with Crippen LogP contribution in [0.4, 0.5) is 5.69 Å². The Bertz CT molecular complexity index is 449. The van der Waals surface area contributed by atoms with E-state index in [4.69, 9.17) is 5.73 Å². The van der Waals surface area contributed by atoms with Gasteiger partial charge in [-0.25, -0.2) is 0 Å². The second-order valence-electron chi connectivity index (χ2n) is 5.98. The highest BCUT2D eigenvalue weighted by Crippen LogP contribution is 2.62. The molecule has 1 aromatic rings. The molecule has 3 N–H and O–H groups in total. The number of hydrogen-bond donors (Lipinski definition) is 2. The van der Waals surface area contributed by atoms with Gasteiger partial charge in [0.15, 0.2) is 0 Å². The zero-order valence-corrected chi connectivity index (χ0v) is 10.9. The number of rotatable bonds is 2. The monoisotopic (exact) mass is 232 g/mol. The first-order valence-electron chi connectivity index (χ1n) is 5.93. The fourth-order valence-corrected chi connectivity index (χ4v) is 2.45. The first kappa shape index (κ1) is 12.0. The number of amides is 1. The van der Waals surface area contributed by atoms with Gasteiger partial charge in [-0.05, 0) is 29.0 Å². The smallest absolute Gasteiger partial charge is 0.251 e. The van der Waals surface area contributed by atoms with Crippen LogP contribution in [0.1, 0.15) is 38.1 Å². The Kier molecular flexibility index (Phi) is 2.45. The largest absolute Gasteiger partial charge is 0.399 e. The van der Waals surface area contributed by atoms with Crippen LogP contribution in [0.15, 0.2) is 24.3 Å². The topological polar surface area (TPSA) is 55.1 Å². The number of nitrogen functional groups attached to an aromatic ring is 1. The molecule has 92 valence electrons. The molecule has 2 rings (SSSR count). The van der Waals surface area contributed by atoms with E-state index in [2.05, 4.69) is 33.0 Å². The summed E-state index contributed by atoms with van der Waals surface area (Å²) in [4.78, 5) is 12.1. The zero-order valence-electron chi connectivity index (χ0n) is 10.9. The van der Waals surface area contributed by atoms with Gasteiger partial charge in [0.25, 0.3) is 5.91 Å². The second-order valence-corrected chi connectivity index (χ2v) is 5.98. The molecule has 17 heavy (non-hydrogen) atoms. The van der Waals surface area contributed by atoms with Gasteiger partial charge < -0.3 is 11.1 Å². The van der Waals surface area contributed by atoms with Gasteiger partial charge in [-0.1, -0.05) is 33.8 Å². The van der Waals surface area contributed by atoms with Gasteiger partial charge in [0.1, 0.15) is 0 Å². The number of benzene rings is 1. The molecule has 0 aliphatic heterocycles. The number of nitrogens with one attached hydrogen (secondary N) is 1. The number of anilines is 1. The fourth-order valence-electron chi connectivity index (χ4n) is 2.45. The molecule has 1 aliphatic carbocycles. The molecule has 1 fully saturated rings. The highest BCUT2D eigenvalue weighted by Gasteiger charge is 2.65. The van der Waals surface area contributed by atoms with Gasteiger partial charge in [-0.15, -0.1) is 0 Å². The first-order valence-corrected chi connectivity index (χ1v) is 5.93. The van der Waals surface area contributed by atoms with Crippen LogP contribution in [-0.2, 0) is 0 Å². The van der Waals surface area contributed by atoms with Crippen molar-refractivity contribution in [3.63, 3.8) is 0 Å². The lowest BCUT2D eigenvalue weighted by molar-refractivity contribution is 0.0943. The van der Waals surface area contributed by atoms with Crippen LogP contribution >= 0.6 is 0 Å². The average Bonchev–Trinajstić information content (AvgIpc) is 2.61. The van der Waals surface area contributed by atoms with E-state index in [0.717, 1.165) is 0 Å². The summed E-state index contributed by atoms with van der Waals surface area (Å²) in [6.45, 7) is 8.71. The van der Waals surface area contributed by atoms with Crippen molar-refractivity contribution in [1.29, 1.82) is 0 Å². The first-order chi connectivity index (χ1) is 7.76. The molecule has 1 saturated carbocycles. The summed E-state index contributed by atoms with van der Waals surface area (Å²) >= 11 is 0. The van der Waals surface area contributed by atoms with Gasteiger partial charge >= 0.3 is 0 Å². The minimum atomic E-state index is -0.0408. The number of hydrogen-bond acceptors (Lipinski definition) is 2. The van der Waals surface area contributed by atoms with Crippen LogP contribution in [0.3, 0.4) is 0 Å². The minimum absolute atomic E-state index is 0.0408. The SMILES string of the molecule is CC1(C)C(NC(=O)c2cccc(N)c2)C1(C)C. The Morgan fingerprint density at radius 3 is 2.29 bits per heavy atom. The molecular weight excluding hydrogens is 212 g/mol. The van der Waals surface area contributed by atoms with E-state index >= 15 is 0 Å². The molecule has 0 bridgehead atoms. The summed E-state index contributed by atoms with van der Waals surface area (Å²) < 4.78 is 0. The molecule has 1 aliphatic rings. The van der Waals surface area contributed by atoms with Crippen LogP contribution in [-0.4, -0.2) is 11.9 Å². The lowest BCUT2D eigenvalue weighted by Gasteiger charge is -2.07. The van der Waals surface area contributed by atoms with Gasteiger partial charge in [0.2, 0.25) is 0 Å². The Morgan fingerprint density at radius 1 is 1.24 bits per heavy atom. The standard InChI is InChI=1S/C14H20N2O/c1-13(2)12(14(13,3)4)16-11(17)9-6-5-7-10(15)8-9/h5-8,12H,15H2,1-4H3,(H,16,17). The highest BCUT2D eigenvalue weighted by atomic mass is 16.1. The number of nitrogens with two attached hydrogens (primary N) is 1. The maximum Gasteiger partial charge on any atom is 0.251 e. The normalized spacial score (nSPS) is 20.9. The maximum absolute atomic E-state index is 12.1. The molecule has 1 aromatic carbocycles. The quantitative estimate of drug-likeness (QED) is 0.769.